The lowest BCUT2D eigenvalue weighted by Crippen LogP contribution is -2.22. The minimum atomic E-state index is -3.51. The van der Waals surface area contributed by atoms with Gasteiger partial charge < -0.3 is 4.74 Å². The second-order valence-corrected chi connectivity index (χ2v) is 9.00. The zero-order chi connectivity index (χ0) is 21.6. The standard InChI is InChI=1S/C24H23NO4S/c1-25(2)30(27,28)23-15-11-21(12-16-23)24(26)17-10-19-8-13-22(14-9-19)29-18-20-6-4-3-5-7-20/h3-17H,18H2,1-2H3. The van der Waals surface area contributed by atoms with Gasteiger partial charge in [-0.1, -0.05) is 48.5 Å². The molecule has 0 fully saturated rings. The molecule has 0 aliphatic heterocycles. The van der Waals surface area contributed by atoms with Crippen molar-refractivity contribution in [3.8, 4) is 5.75 Å². The summed E-state index contributed by atoms with van der Waals surface area (Å²) in [5, 5.41) is 0. The largest absolute Gasteiger partial charge is 0.489 e. The maximum Gasteiger partial charge on any atom is 0.242 e. The van der Waals surface area contributed by atoms with Crippen molar-refractivity contribution in [2.45, 2.75) is 11.5 Å². The summed E-state index contributed by atoms with van der Waals surface area (Å²) >= 11 is 0. The number of nitrogens with zero attached hydrogens (tertiary/aromatic N) is 1. The molecule has 0 radical (unpaired) electrons. The van der Waals surface area contributed by atoms with Crippen molar-refractivity contribution < 1.29 is 17.9 Å². The molecule has 30 heavy (non-hydrogen) atoms. The van der Waals surface area contributed by atoms with Crippen LogP contribution in [0, 0.1) is 0 Å². The molecule has 5 nitrogen and oxygen atoms in total. The van der Waals surface area contributed by atoms with Crippen LogP contribution < -0.4 is 4.74 Å². The summed E-state index contributed by atoms with van der Waals surface area (Å²) in [5.41, 5.74) is 2.38. The number of hydrogen-bond acceptors (Lipinski definition) is 4. The maximum absolute atomic E-state index is 12.4. The Morgan fingerprint density at radius 2 is 1.53 bits per heavy atom. The third kappa shape index (κ3) is 5.43. The van der Waals surface area contributed by atoms with Crippen molar-refractivity contribution in [2.75, 3.05) is 14.1 Å². The smallest absolute Gasteiger partial charge is 0.242 e. The molecule has 0 amide bonds. The van der Waals surface area contributed by atoms with Crippen molar-refractivity contribution in [3.05, 3.63) is 102 Å². The maximum atomic E-state index is 12.4. The van der Waals surface area contributed by atoms with Gasteiger partial charge in [-0.2, -0.15) is 0 Å². The predicted molar refractivity (Wildman–Crippen MR) is 118 cm³/mol. The highest BCUT2D eigenvalue weighted by Gasteiger charge is 2.17. The highest BCUT2D eigenvalue weighted by molar-refractivity contribution is 7.89. The fraction of sp³-hybridized carbons (Fsp3) is 0.125. The average Bonchev–Trinajstić information content (AvgIpc) is 2.77. The monoisotopic (exact) mass is 421 g/mol. The second-order valence-electron chi connectivity index (χ2n) is 6.85. The summed E-state index contributed by atoms with van der Waals surface area (Å²) in [5.74, 6) is 0.549. The molecule has 154 valence electrons. The van der Waals surface area contributed by atoms with E-state index in [0.717, 1.165) is 21.2 Å². The van der Waals surface area contributed by atoms with Crippen LogP contribution in [-0.4, -0.2) is 32.6 Å². The van der Waals surface area contributed by atoms with E-state index in [9.17, 15) is 13.2 Å². The molecule has 0 spiro atoms. The third-order valence-corrected chi connectivity index (χ3v) is 6.30. The Morgan fingerprint density at radius 3 is 2.13 bits per heavy atom. The number of rotatable bonds is 8. The molecule has 3 rings (SSSR count). The van der Waals surface area contributed by atoms with E-state index in [1.165, 1.54) is 44.4 Å². The summed E-state index contributed by atoms with van der Waals surface area (Å²) in [7, 11) is -0.574. The molecule has 0 bridgehead atoms. The zero-order valence-electron chi connectivity index (χ0n) is 16.9. The molecule has 0 aliphatic carbocycles. The van der Waals surface area contributed by atoms with Crippen LogP contribution in [-0.2, 0) is 16.6 Å². The van der Waals surface area contributed by atoms with Gasteiger partial charge in [-0.05, 0) is 53.6 Å². The molecule has 3 aromatic carbocycles. The summed E-state index contributed by atoms with van der Waals surface area (Å²) in [4.78, 5) is 12.5. The summed E-state index contributed by atoms with van der Waals surface area (Å²) < 4.78 is 31.1. The minimum Gasteiger partial charge on any atom is -0.489 e. The van der Waals surface area contributed by atoms with Crippen LogP contribution in [0.15, 0.2) is 89.8 Å². The van der Waals surface area contributed by atoms with Crippen molar-refractivity contribution in [2.24, 2.45) is 0 Å². The topological polar surface area (TPSA) is 63.7 Å². The quantitative estimate of drug-likeness (QED) is 0.399. The number of carbonyl (C=O) groups excluding carboxylic acids is 1. The zero-order valence-corrected chi connectivity index (χ0v) is 17.7. The van der Waals surface area contributed by atoms with Crippen LogP contribution in [0.3, 0.4) is 0 Å². The first-order valence-electron chi connectivity index (χ1n) is 9.38. The van der Waals surface area contributed by atoms with E-state index in [2.05, 4.69) is 0 Å². The van der Waals surface area contributed by atoms with E-state index in [-0.39, 0.29) is 10.7 Å². The first-order valence-corrected chi connectivity index (χ1v) is 10.8. The van der Waals surface area contributed by atoms with Gasteiger partial charge in [0.15, 0.2) is 5.78 Å². The Labute approximate surface area is 177 Å². The van der Waals surface area contributed by atoms with Gasteiger partial charge in [0.1, 0.15) is 12.4 Å². The lowest BCUT2D eigenvalue weighted by Gasteiger charge is -2.11. The van der Waals surface area contributed by atoms with Crippen LogP contribution >= 0.6 is 0 Å². The molecule has 0 N–H and O–H groups in total. The van der Waals surface area contributed by atoms with Crippen molar-refractivity contribution in [3.63, 3.8) is 0 Å². The van der Waals surface area contributed by atoms with Gasteiger partial charge in [-0.25, -0.2) is 12.7 Å². The summed E-state index contributed by atoms with van der Waals surface area (Å²) in [6, 6.07) is 23.3. The molecule has 3 aromatic rings. The lowest BCUT2D eigenvalue weighted by atomic mass is 10.1. The average molecular weight is 422 g/mol. The third-order valence-electron chi connectivity index (χ3n) is 4.47. The van der Waals surface area contributed by atoms with Gasteiger partial charge >= 0.3 is 0 Å². The van der Waals surface area contributed by atoms with Crippen molar-refractivity contribution in [1.29, 1.82) is 0 Å². The highest BCUT2D eigenvalue weighted by Crippen LogP contribution is 2.17. The van der Waals surface area contributed by atoms with Gasteiger partial charge in [0.25, 0.3) is 0 Å². The lowest BCUT2D eigenvalue weighted by molar-refractivity contribution is 0.104. The Morgan fingerprint density at radius 1 is 0.900 bits per heavy atom. The summed E-state index contributed by atoms with van der Waals surface area (Å²) in [6.45, 7) is 0.494. The minimum absolute atomic E-state index is 0.152. The van der Waals surface area contributed by atoms with E-state index >= 15 is 0 Å². The first-order chi connectivity index (χ1) is 14.4. The number of carbonyl (C=O) groups is 1. The van der Waals surface area contributed by atoms with Crippen LogP contribution in [0.5, 0.6) is 5.75 Å². The fourth-order valence-electron chi connectivity index (χ4n) is 2.69. The fourth-order valence-corrected chi connectivity index (χ4v) is 3.59. The van der Waals surface area contributed by atoms with E-state index < -0.39 is 10.0 Å². The molecule has 0 unspecified atom stereocenters. The molecule has 0 saturated heterocycles. The predicted octanol–water partition coefficient (Wildman–Crippen LogP) is 4.41. The van der Waals surface area contributed by atoms with Gasteiger partial charge in [0.2, 0.25) is 10.0 Å². The van der Waals surface area contributed by atoms with Gasteiger partial charge in [0.05, 0.1) is 4.90 Å². The molecule has 0 aromatic heterocycles. The van der Waals surface area contributed by atoms with Crippen LogP contribution in [0.4, 0.5) is 0 Å². The van der Waals surface area contributed by atoms with Crippen molar-refractivity contribution >= 4 is 21.9 Å². The SMILES string of the molecule is CN(C)S(=O)(=O)c1ccc(C(=O)C=Cc2ccc(OCc3ccccc3)cc2)cc1. The van der Waals surface area contributed by atoms with E-state index in [4.69, 9.17) is 4.74 Å². The van der Waals surface area contributed by atoms with Crippen LogP contribution in [0.25, 0.3) is 6.08 Å². The number of ether oxygens (including phenoxy) is 1. The Balaban J connectivity index is 1.60. The molecular weight excluding hydrogens is 398 g/mol. The normalized spacial score (nSPS) is 11.7. The number of ketones is 1. The van der Waals surface area contributed by atoms with E-state index in [1.54, 1.807) is 6.08 Å². The molecular formula is C24H23NO4S. The number of hydrogen-bond donors (Lipinski definition) is 0. The molecule has 0 aliphatic rings. The molecule has 6 heteroatoms. The Kier molecular flexibility index (Phi) is 6.82. The molecule has 0 heterocycles. The second kappa shape index (κ2) is 9.52. The van der Waals surface area contributed by atoms with Crippen LogP contribution in [0.2, 0.25) is 0 Å². The Hall–Kier alpha value is -3.22. The number of sulfonamides is 1. The van der Waals surface area contributed by atoms with E-state index in [0.29, 0.717) is 12.2 Å². The molecule has 0 saturated carbocycles. The van der Waals surface area contributed by atoms with Gasteiger partial charge in [-0.15, -0.1) is 0 Å². The first kappa shape index (κ1) is 21.5. The van der Waals surface area contributed by atoms with Crippen LogP contribution in [0.1, 0.15) is 21.5 Å². The Bertz CT molecular complexity index is 1120. The van der Waals surface area contributed by atoms with Gasteiger partial charge in [0, 0.05) is 19.7 Å². The van der Waals surface area contributed by atoms with Crippen molar-refractivity contribution in [1.82, 2.24) is 4.31 Å². The number of benzene rings is 3. The molecule has 0 atom stereocenters. The highest BCUT2D eigenvalue weighted by atomic mass is 32.2. The van der Waals surface area contributed by atoms with Gasteiger partial charge in [-0.3, -0.25) is 4.79 Å². The number of allylic oxidation sites excluding steroid dienone is 1. The van der Waals surface area contributed by atoms with E-state index in [1.807, 2.05) is 54.6 Å². The summed E-state index contributed by atoms with van der Waals surface area (Å²) in [6.07, 6.45) is 3.18.